The monoisotopic (exact) mass is 382 g/mol. The molecule has 2 heterocycles. The number of morpholine rings is 1. The van der Waals surface area contributed by atoms with E-state index in [0.717, 1.165) is 5.52 Å². The van der Waals surface area contributed by atoms with E-state index in [4.69, 9.17) is 9.47 Å². The summed E-state index contributed by atoms with van der Waals surface area (Å²) >= 11 is 0. The number of ether oxygens (including phenoxy) is 2. The summed E-state index contributed by atoms with van der Waals surface area (Å²) in [6.45, 7) is 2.30. The van der Waals surface area contributed by atoms with Gasteiger partial charge < -0.3 is 19.7 Å². The SMILES string of the molecule is O=C(COc1nc2ccccc2nc1N1CCOCC1)Nc1ccc(F)cc1. The van der Waals surface area contributed by atoms with Crippen LogP contribution in [0.1, 0.15) is 0 Å². The van der Waals surface area contributed by atoms with Crippen LogP contribution in [0, 0.1) is 5.82 Å². The van der Waals surface area contributed by atoms with Crippen molar-refractivity contribution < 1.29 is 18.7 Å². The summed E-state index contributed by atoms with van der Waals surface area (Å²) in [5.41, 5.74) is 1.94. The molecular weight excluding hydrogens is 363 g/mol. The Labute approximate surface area is 161 Å². The number of para-hydroxylation sites is 2. The van der Waals surface area contributed by atoms with E-state index < -0.39 is 0 Å². The van der Waals surface area contributed by atoms with Gasteiger partial charge in [-0.15, -0.1) is 0 Å². The Balaban J connectivity index is 1.52. The van der Waals surface area contributed by atoms with Gasteiger partial charge in [-0.05, 0) is 36.4 Å². The van der Waals surface area contributed by atoms with E-state index in [1.165, 1.54) is 24.3 Å². The molecule has 0 spiro atoms. The second kappa shape index (κ2) is 8.18. The summed E-state index contributed by atoms with van der Waals surface area (Å²) in [5, 5.41) is 2.66. The third-order valence-electron chi connectivity index (χ3n) is 4.30. The van der Waals surface area contributed by atoms with Crippen molar-refractivity contribution in [3.05, 3.63) is 54.3 Å². The van der Waals surface area contributed by atoms with Crippen LogP contribution in [0.2, 0.25) is 0 Å². The molecule has 0 atom stereocenters. The molecule has 8 heteroatoms. The number of halogens is 1. The molecule has 1 fully saturated rings. The number of rotatable bonds is 5. The Bertz CT molecular complexity index is 975. The maximum atomic E-state index is 13.0. The first-order valence-electron chi connectivity index (χ1n) is 8.97. The van der Waals surface area contributed by atoms with Gasteiger partial charge in [0.1, 0.15) is 5.82 Å². The van der Waals surface area contributed by atoms with Gasteiger partial charge in [-0.1, -0.05) is 12.1 Å². The third-order valence-corrected chi connectivity index (χ3v) is 4.30. The van der Waals surface area contributed by atoms with Crippen LogP contribution in [0.5, 0.6) is 5.88 Å². The zero-order chi connectivity index (χ0) is 19.3. The lowest BCUT2D eigenvalue weighted by Gasteiger charge is -2.28. The quantitative estimate of drug-likeness (QED) is 0.731. The number of amides is 1. The number of aromatic nitrogens is 2. The molecule has 1 saturated heterocycles. The zero-order valence-electron chi connectivity index (χ0n) is 15.1. The van der Waals surface area contributed by atoms with E-state index >= 15 is 0 Å². The average Bonchev–Trinajstić information content (AvgIpc) is 2.74. The van der Waals surface area contributed by atoms with Gasteiger partial charge in [0.25, 0.3) is 11.8 Å². The van der Waals surface area contributed by atoms with Crippen molar-refractivity contribution in [3.8, 4) is 5.88 Å². The lowest BCUT2D eigenvalue weighted by molar-refractivity contribution is -0.118. The number of nitrogens with one attached hydrogen (secondary N) is 1. The number of fused-ring (bicyclic) bond motifs is 1. The fraction of sp³-hybridized carbons (Fsp3) is 0.250. The van der Waals surface area contributed by atoms with Crippen LogP contribution >= 0.6 is 0 Å². The number of hydrogen-bond donors (Lipinski definition) is 1. The predicted octanol–water partition coefficient (Wildman–Crippen LogP) is 2.62. The van der Waals surface area contributed by atoms with E-state index in [9.17, 15) is 9.18 Å². The number of hydrogen-bond acceptors (Lipinski definition) is 6. The number of anilines is 2. The standard InChI is InChI=1S/C20H19FN4O3/c21-14-5-7-15(8-6-14)22-18(26)13-28-20-19(25-9-11-27-12-10-25)23-16-3-1-2-4-17(16)24-20/h1-8H,9-13H2,(H,22,26). The molecule has 28 heavy (non-hydrogen) atoms. The van der Waals surface area contributed by atoms with Crippen LogP contribution in [0.15, 0.2) is 48.5 Å². The van der Waals surface area contributed by atoms with Gasteiger partial charge in [0.05, 0.1) is 24.2 Å². The topological polar surface area (TPSA) is 76.6 Å². The average molecular weight is 382 g/mol. The molecular formula is C20H19FN4O3. The molecule has 0 bridgehead atoms. The molecule has 0 saturated carbocycles. The van der Waals surface area contributed by atoms with Crippen LogP contribution in [-0.2, 0) is 9.53 Å². The van der Waals surface area contributed by atoms with Crippen LogP contribution < -0.4 is 15.0 Å². The van der Waals surface area contributed by atoms with Crippen molar-refractivity contribution in [2.24, 2.45) is 0 Å². The van der Waals surface area contributed by atoms with Crippen molar-refractivity contribution in [1.29, 1.82) is 0 Å². The molecule has 1 N–H and O–H groups in total. The fourth-order valence-corrected chi connectivity index (χ4v) is 2.92. The maximum absolute atomic E-state index is 13.0. The smallest absolute Gasteiger partial charge is 0.262 e. The molecule has 1 aromatic heterocycles. The van der Waals surface area contributed by atoms with Crippen LogP contribution in [-0.4, -0.2) is 48.8 Å². The lowest BCUT2D eigenvalue weighted by atomic mass is 10.3. The molecule has 144 valence electrons. The van der Waals surface area contributed by atoms with Gasteiger partial charge in [0.15, 0.2) is 12.4 Å². The molecule has 0 radical (unpaired) electrons. The minimum Gasteiger partial charge on any atom is -0.465 e. The number of nitrogens with zero attached hydrogens (tertiary/aromatic N) is 3. The highest BCUT2D eigenvalue weighted by molar-refractivity contribution is 5.92. The van der Waals surface area contributed by atoms with Gasteiger partial charge in [-0.2, -0.15) is 0 Å². The van der Waals surface area contributed by atoms with E-state index in [2.05, 4.69) is 15.3 Å². The van der Waals surface area contributed by atoms with Crippen LogP contribution in [0.3, 0.4) is 0 Å². The minimum absolute atomic E-state index is 0.234. The van der Waals surface area contributed by atoms with Gasteiger partial charge in [0, 0.05) is 18.8 Å². The highest BCUT2D eigenvalue weighted by Gasteiger charge is 2.20. The Morgan fingerprint density at radius 1 is 1.07 bits per heavy atom. The van der Waals surface area contributed by atoms with Crippen LogP contribution in [0.4, 0.5) is 15.9 Å². The Kier molecular flexibility index (Phi) is 5.29. The van der Waals surface area contributed by atoms with Crippen molar-refractivity contribution in [2.75, 3.05) is 43.1 Å². The summed E-state index contributed by atoms with van der Waals surface area (Å²) in [7, 11) is 0. The second-order valence-corrected chi connectivity index (χ2v) is 6.28. The summed E-state index contributed by atoms with van der Waals surface area (Å²) in [6, 6.07) is 13.0. The zero-order valence-corrected chi connectivity index (χ0v) is 15.1. The summed E-state index contributed by atoms with van der Waals surface area (Å²) in [5.74, 6) is 0.164. The predicted molar refractivity (Wildman–Crippen MR) is 103 cm³/mol. The van der Waals surface area contributed by atoms with E-state index in [1.54, 1.807) is 0 Å². The van der Waals surface area contributed by atoms with Gasteiger partial charge in [0.2, 0.25) is 0 Å². The molecule has 4 rings (SSSR count). The third kappa shape index (κ3) is 4.17. The van der Waals surface area contributed by atoms with Crippen molar-refractivity contribution in [3.63, 3.8) is 0 Å². The van der Waals surface area contributed by atoms with E-state index in [0.29, 0.717) is 49.2 Å². The fourth-order valence-electron chi connectivity index (χ4n) is 2.92. The van der Waals surface area contributed by atoms with E-state index in [1.807, 2.05) is 29.2 Å². The lowest BCUT2D eigenvalue weighted by Crippen LogP contribution is -2.37. The minimum atomic E-state index is -0.366. The van der Waals surface area contributed by atoms with Crippen molar-refractivity contribution >= 4 is 28.4 Å². The highest BCUT2D eigenvalue weighted by Crippen LogP contribution is 2.27. The first-order chi connectivity index (χ1) is 13.7. The summed E-state index contributed by atoms with van der Waals surface area (Å²) in [4.78, 5) is 23.5. The second-order valence-electron chi connectivity index (χ2n) is 6.28. The Morgan fingerprint density at radius 2 is 1.75 bits per heavy atom. The summed E-state index contributed by atoms with van der Waals surface area (Å²) < 4.78 is 24.1. The van der Waals surface area contributed by atoms with E-state index in [-0.39, 0.29) is 18.3 Å². The molecule has 3 aromatic rings. The molecule has 0 aliphatic carbocycles. The van der Waals surface area contributed by atoms with Gasteiger partial charge in [-0.3, -0.25) is 4.79 Å². The largest absolute Gasteiger partial charge is 0.465 e. The molecule has 0 unspecified atom stereocenters. The van der Waals surface area contributed by atoms with Crippen LogP contribution in [0.25, 0.3) is 11.0 Å². The Morgan fingerprint density at radius 3 is 2.46 bits per heavy atom. The first-order valence-corrected chi connectivity index (χ1v) is 8.97. The van der Waals surface area contributed by atoms with Crippen molar-refractivity contribution in [2.45, 2.75) is 0 Å². The highest BCUT2D eigenvalue weighted by atomic mass is 19.1. The molecule has 2 aromatic carbocycles. The van der Waals surface area contributed by atoms with Gasteiger partial charge >= 0.3 is 0 Å². The number of benzene rings is 2. The summed E-state index contributed by atoms with van der Waals surface area (Å²) in [6.07, 6.45) is 0. The normalized spacial score (nSPS) is 14.1. The molecule has 7 nitrogen and oxygen atoms in total. The number of carbonyl (C=O) groups is 1. The maximum Gasteiger partial charge on any atom is 0.262 e. The number of carbonyl (C=O) groups excluding carboxylic acids is 1. The Hall–Kier alpha value is -3.26. The molecule has 1 aliphatic heterocycles. The molecule has 1 aliphatic rings. The van der Waals surface area contributed by atoms with Gasteiger partial charge in [-0.25, -0.2) is 14.4 Å². The molecule has 1 amide bonds. The van der Waals surface area contributed by atoms with Crippen molar-refractivity contribution in [1.82, 2.24) is 9.97 Å². The first kappa shape index (κ1) is 18.1.